The van der Waals surface area contributed by atoms with Crippen molar-refractivity contribution in [2.45, 2.75) is 12.5 Å². The third-order valence-electron chi connectivity index (χ3n) is 3.19. The minimum Gasteiger partial charge on any atom is -0.484 e. The molecular formula is C15H9BrClFO2. The molecule has 0 fully saturated rings. The van der Waals surface area contributed by atoms with Gasteiger partial charge in [-0.05, 0) is 24.3 Å². The highest BCUT2D eigenvalue weighted by Gasteiger charge is 2.29. The van der Waals surface area contributed by atoms with Crippen LogP contribution < -0.4 is 4.74 Å². The molecule has 1 heterocycles. The van der Waals surface area contributed by atoms with E-state index in [0.717, 1.165) is 10.0 Å². The zero-order chi connectivity index (χ0) is 14.3. The second-order valence-electron chi connectivity index (χ2n) is 4.54. The minimum absolute atomic E-state index is 0.0573. The largest absolute Gasteiger partial charge is 0.484 e. The lowest BCUT2D eigenvalue weighted by Gasteiger charge is -2.26. The maximum Gasteiger partial charge on any atom is 0.170 e. The standard InChI is InChI=1S/C15H9BrClFO2/c16-12-5-8(17)1-3-10(12)15-7-13(19)11-4-2-9(18)6-14(11)20-15/h1-6,15H,7H2. The quantitative estimate of drug-likeness (QED) is 0.723. The number of rotatable bonds is 1. The van der Waals surface area contributed by atoms with Gasteiger partial charge >= 0.3 is 0 Å². The predicted octanol–water partition coefficient (Wildman–Crippen LogP) is 4.95. The van der Waals surface area contributed by atoms with Gasteiger partial charge in [-0.1, -0.05) is 33.6 Å². The zero-order valence-corrected chi connectivity index (χ0v) is 12.5. The maximum absolute atomic E-state index is 13.3. The Hall–Kier alpha value is -1.39. The van der Waals surface area contributed by atoms with Crippen LogP contribution in [0.3, 0.4) is 0 Å². The van der Waals surface area contributed by atoms with E-state index < -0.39 is 11.9 Å². The van der Waals surface area contributed by atoms with Gasteiger partial charge in [-0.15, -0.1) is 0 Å². The van der Waals surface area contributed by atoms with Gasteiger partial charge in [0.05, 0.1) is 12.0 Å². The molecule has 20 heavy (non-hydrogen) atoms. The summed E-state index contributed by atoms with van der Waals surface area (Å²) in [6.07, 6.45) is -0.220. The molecule has 3 rings (SSSR count). The van der Waals surface area contributed by atoms with Crippen molar-refractivity contribution in [3.63, 3.8) is 0 Å². The Balaban J connectivity index is 2.00. The average molecular weight is 356 g/mol. The van der Waals surface area contributed by atoms with Crippen LogP contribution in [0.5, 0.6) is 5.75 Å². The lowest BCUT2D eigenvalue weighted by atomic mass is 9.96. The molecule has 0 saturated heterocycles. The number of hydrogen-bond acceptors (Lipinski definition) is 2. The molecule has 0 N–H and O–H groups in total. The van der Waals surface area contributed by atoms with Crippen molar-refractivity contribution in [2.24, 2.45) is 0 Å². The number of ketones is 1. The fourth-order valence-corrected chi connectivity index (χ4v) is 3.17. The molecule has 2 aromatic carbocycles. The summed E-state index contributed by atoms with van der Waals surface area (Å²) in [5.41, 5.74) is 1.24. The third-order valence-corrected chi connectivity index (χ3v) is 4.12. The van der Waals surface area contributed by atoms with Crippen molar-refractivity contribution in [3.05, 3.63) is 62.8 Å². The number of hydrogen-bond donors (Lipinski definition) is 0. The first-order valence-corrected chi connectivity index (χ1v) is 7.16. The molecule has 5 heteroatoms. The Kier molecular flexibility index (Phi) is 3.52. The molecule has 0 amide bonds. The van der Waals surface area contributed by atoms with Gasteiger partial charge in [0.2, 0.25) is 0 Å². The van der Waals surface area contributed by atoms with Crippen molar-refractivity contribution in [1.29, 1.82) is 0 Å². The number of carbonyl (C=O) groups excluding carboxylic acids is 1. The Labute approximate surface area is 128 Å². The Morgan fingerprint density at radius 3 is 2.80 bits per heavy atom. The number of carbonyl (C=O) groups is 1. The highest BCUT2D eigenvalue weighted by molar-refractivity contribution is 9.10. The fourth-order valence-electron chi connectivity index (χ4n) is 2.23. The van der Waals surface area contributed by atoms with E-state index in [2.05, 4.69) is 15.9 Å². The summed E-state index contributed by atoms with van der Waals surface area (Å²) in [5, 5.41) is 0.592. The predicted molar refractivity (Wildman–Crippen MR) is 77.9 cm³/mol. The van der Waals surface area contributed by atoms with Crippen LogP contribution >= 0.6 is 27.5 Å². The summed E-state index contributed by atoms with van der Waals surface area (Å²) in [5.74, 6) is -0.196. The van der Waals surface area contributed by atoms with Crippen LogP contribution in [0.25, 0.3) is 0 Å². The minimum atomic E-state index is -0.441. The Morgan fingerprint density at radius 2 is 2.05 bits per heavy atom. The van der Waals surface area contributed by atoms with Crippen LogP contribution in [0.2, 0.25) is 5.02 Å². The van der Waals surface area contributed by atoms with Crippen LogP contribution in [0, 0.1) is 5.82 Å². The molecule has 1 aliphatic rings. The first-order chi connectivity index (χ1) is 9.54. The van der Waals surface area contributed by atoms with Crippen LogP contribution in [0.4, 0.5) is 4.39 Å². The van der Waals surface area contributed by atoms with Crippen LogP contribution in [0.1, 0.15) is 28.4 Å². The second kappa shape index (κ2) is 5.19. The van der Waals surface area contributed by atoms with E-state index in [-0.39, 0.29) is 18.0 Å². The van der Waals surface area contributed by atoms with E-state index in [1.807, 2.05) is 0 Å². The van der Waals surface area contributed by atoms with Gasteiger partial charge in [0.15, 0.2) is 5.78 Å². The number of ether oxygens (including phenoxy) is 1. The molecule has 1 atom stereocenters. The summed E-state index contributed by atoms with van der Waals surface area (Å²) in [7, 11) is 0. The van der Waals surface area contributed by atoms with Crippen LogP contribution in [0.15, 0.2) is 40.9 Å². The van der Waals surface area contributed by atoms with E-state index in [0.29, 0.717) is 10.6 Å². The van der Waals surface area contributed by atoms with Crippen molar-refractivity contribution >= 4 is 33.3 Å². The lowest BCUT2D eigenvalue weighted by Crippen LogP contribution is -2.20. The van der Waals surface area contributed by atoms with Crippen LogP contribution in [-0.2, 0) is 0 Å². The molecule has 1 unspecified atom stereocenters. The molecule has 0 spiro atoms. The Bertz CT molecular complexity index is 702. The molecule has 0 saturated carbocycles. The van der Waals surface area contributed by atoms with Gasteiger partial charge in [0.25, 0.3) is 0 Å². The number of Topliss-reactive ketones (excluding diaryl/α,β-unsaturated/α-hetero) is 1. The van der Waals surface area contributed by atoms with Crippen molar-refractivity contribution in [1.82, 2.24) is 0 Å². The molecule has 102 valence electrons. The Morgan fingerprint density at radius 1 is 1.25 bits per heavy atom. The molecule has 0 bridgehead atoms. The molecule has 2 aromatic rings. The number of fused-ring (bicyclic) bond motifs is 1. The summed E-state index contributed by atoms with van der Waals surface area (Å²) in [4.78, 5) is 12.1. The highest BCUT2D eigenvalue weighted by Crippen LogP contribution is 2.38. The zero-order valence-electron chi connectivity index (χ0n) is 10.2. The van der Waals surface area contributed by atoms with E-state index in [1.54, 1.807) is 18.2 Å². The normalized spacial score (nSPS) is 17.6. The van der Waals surface area contributed by atoms with Gasteiger partial charge in [0, 0.05) is 21.1 Å². The van der Waals surface area contributed by atoms with Gasteiger partial charge in [-0.3, -0.25) is 4.79 Å². The van der Waals surface area contributed by atoms with Crippen molar-refractivity contribution < 1.29 is 13.9 Å². The topological polar surface area (TPSA) is 26.3 Å². The van der Waals surface area contributed by atoms with Crippen molar-refractivity contribution in [2.75, 3.05) is 0 Å². The van der Waals surface area contributed by atoms with Crippen molar-refractivity contribution in [3.8, 4) is 5.75 Å². The molecule has 0 radical (unpaired) electrons. The van der Waals surface area contributed by atoms with E-state index >= 15 is 0 Å². The van der Waals surface area contributed by atoms with Gasteiger partial charge in [0.1, 0.15) is 17.7 Å². The monoisotopic (exact) mass is 354 g/mol. The molecule has 0 aromatic heterocycles. The maximum atomic E-state index is 13.3. The smallest absolute Gasteiger partial charge is 0.170 e. The average Bonchev–Trinajstić information content (AvgIpc) is 2.37. The van der Waals surface area contributed by atoms with Gasteiger partial charge in [-0.25, -0.2) is 4.39 Å². The SMILES string of the molecule is O=C1CC(c2ccc(Cl)cc2Br)Oc2cc(F)ccc21. The fraction of sp³-hybridized carbons (Fsp3) is 0.133. The summed E-state index contributed by atoms with van der Waals surface area (Å²) < 4.78 is 19.8. The van der Waals surface area contributed by atoms with Gasteiger partial charge < -0.3 is 4.74 Å². The second-order valence-corrected chi connectivity index (χ2v) is 5.83. The molecule has 2 nitrogen and oxygen atoms in total. The van der Waals surface area contributed by atoms with E-state index in [9.17, 15) is 9.18 Å². The van der Waals surface area contributed by atoms with E-state index in [4.69, 9.17) is 16.3 Å². The summed E-state index contributed by atoms with van der Waals surface area (Å²) in [6.45, 7) is 0. The summed E-state index contributed by atoms with van der Waals surface area (Å²) in [6, 6.07) is 9.24. The van der Waals surface area contributed by atoms with Crippen LogP contribution in [-0.4, -0.2) is 5.78 Å². The third kappa shape index (κ3) is 2.45. The first kappa shape index (κ1) is 13.6. The lowest BCUT2D eigenvalue weighted by molar-refractivity contribution is 0.0848. The molecule has 0 aliphatic carbocycles. The number of halogens is 3. The molecule has 1 aliphatic heterocycles. The first-order valence-electron chi connectivity index (χ1n) is 5.99. The molecular weight excluding hydrogens is 347 g/mol. The van der Waals surface area contributed by atoms with Gasteiger partial charge in [-0.2, -0.15) is 0 Å². The number of benzene rings is 2. The highest BCUT2D eigenvalue weighted by atomic mass is 79.9. The van der Waals surface area contributed by atoms with E-state index in [1.165, 1.54) is 18.2 Å². The summed E-state index contributed by atoms with van der Waals surface area (Å²) >= 11 is 9.31.